The number of anilines is 3. The topological polar surface area (TPSA) is 74.8 Å². The quantitative estimate of drug-likeness (QED) is 0.386. The molecule has 1 rings (SSSR count). The van der Waals surface area contributed by atoms with E-state index in [1.807, 2.05) is 0 Å². The molecule has 9 heteroatoms. The number of hydrogen-bond acceptors (Lipinski definition) is 6. The lowest BCUT2D eigenvalue weighted by atomic mass is 10.2. The maximum Gasteiger partial charge on any atom is 0.221 e. The summed E-state index contributed by atoms with van der Waals surface area (Å²) in [5.74, 6) is 2.04. The summed E-state index contributed by atoms with van der Waals surface area (Å²) in [4.78, 5) is 25.6. The minimum absolute atomic E-state index is 0.180. The van der Waals surface area contributed by atoms with Gasteiger partial charge in [0.25, 0.3) is 0 Å². The molecule has 0 fully saturated rings. The van der Waals surface area contributed by atoms with Crippen LogP contribution in [0.2, 0.25) is 54.4 Å². The molecule has 0 saturated heterocycles. The van der Waals surface area contributed by atoms with Gasteiger partial charge in [-0.25, -0.2) is 0 Å². The fourth-order valence-electron chi connectivity index (χ4n) is 1.94. The number of nitrogens with one attached hydrogen (secondary N) is 3. The summed E-state index contributed by atoms with van der Waals surface area (Å²) in [6.07, 6.45) is 0. The Morgan fingerprint density at radius 1 is 0.433 bits per heavy atom. The van der Waals surface area contributed by atoms with Gasteiger partial charge in [0.15, 0.2) is 24.7 Å². The van der Waals surface area contributed by atoms with Gasteiger partial charge in [-0.3, -0.25) is 0 Å². The molecule has 0 saturated carbocycles. The predicted octanol–water partition coefficient (Wildman–Crippen LogP) is 7.12. The Kier molecular flexibility index (Phi) is 7.41. The van der Waals surface area contributed by atoms with Crippen LogP contribution in [0.25, 0.3) is 0 Å². The highest BCUT2D eigenvalue weighted by Crippen LogP contribution is 2.39. The van der Waals surface area contributed by atoms with Gasteiger partial charge in [0.05, 0.1) is 0 Å². The second-order valence-electron chi connectivity index (χ2n) is 13.3. The van der Waals surface area contributed by atoms with Gasteiger partial charge in [-0.05, 0) is 15.1 Å². The molecule has 0 aliphatic rings. The maximum atomic E-state index is 4.82. The van der Waals surface area contributed by atoms with Gasteiger partial charge in [0.2, 0.25) is 17.8 Å². The third kappa shape index (κ3) is 6.53. The molecule has 0 spiro atoms. The second-order valence-corrected chi connectivity index (χ2v) is 28.3. The predicted molar refractivity (Wildman–Crippen MR) is 142 cm³/mol. The fourth-order valence-corrected chi connectivity index (χ4v) is 5.08. The van der Waals surface area contributed by atoms with Crippen LogP contribution in [0.4, 0.5) is 17.8 Å². The molecule has 0 unspecified atom stereocenters. The average Bonchev–Trinajstić information content (AvgIpc) is 2.41. The van der Waals surface area contributed by atoms with E-state index in [2.05, 4.69) is 117 Å². The van der Waals surface area contributed by atoms with Crippen molar-refractivity contribution in [2.45, 2.75) is 117 Å². The van der Waals surface area contributed by atoms with Gasteiger partial charge >= 0.3 is 0 Å². The van der Waals surface area contributed by atoms with E-state index in [1.54, 1.807) is 0 Å². The van der Waals surface area contributed by atoms with Gasteiger partial charge in [-0.2, -0.15) is 15.0 Å². The van der Waals surface area contributed by atoms with Crippen molar-refractivity contribution in [1.82, 2.24) is 15.0 Å². The van der Waals surface area contributed by atoms with Crippen molar-refractivity contribution >= 4 is 42.6 Å². The molecule has 0 bridgehead atoms. The summed E-state index contributed by atoms with van der Waals surface area (Å²) in [5, 5.41) is 0.541. The van der Waals surface area contributed by atoms with E-state index in [1.165, 1.54) is 0 Å². The number of hydrogen-bond donors (Lipinski definition) is 3. The molecule has 0 aromatic carbocycles. The van der Waals surface area contributed by atoms with Crippen LogP contribution in [0.1, 0.15) is 62.3 Å². The Balaban J connectivity index is 3.45. The van der Waals surface area contributed by atoms with E-state index in [9.17, 15) is 0 Å². The molecule has 0 amide bonds. The third-order valence-electron chi connectivity index (χ3n) is 7.53. The molecule has 1 aromatic heterocycles. The summed E-state index contributed by atoms with van der Waals surface area (Å²) in [5.41, 5.74) is 0. The monoisotopic (exact) mass is 468 g/mol. The summed E-state index contributed by atoms with van der Waals surface area (Å²) in [6, 6.07) is 0. The minimum Gasteiger partial charge on any atom is -0.380 e. The number of nitrogens with zero attached hydrogens (tertiary/aromatic N) is 3. The zero-order chi connectivity index (χ0) is 24.0. The van der Waals surface area contributed by atoms with E-state index in [0.717, 1.165) is 0 Å². The van der Waals surface area contributed by atoms with Crippen LogP contribution in [0, 0.1) is 0 Å². The first-order valence-corrected chi connectivity index (χ1v) is 20.1. The van der Waals surface area contributed by atoms with Crippen LogP contribution in [0.15, 0.2) is 0 Å². The first kappa shape index (κ1) is 27.1. The van der Waals surface area contributed by atoms with Gasteiger partial charge in [-0.15, -0.1) is 0 Å². The molecule has 6 nitrogen and oxygen atoms in total. The lowest BCUT2D eigenvalue weighted by molar-refractivity contribution is 0.720. The summed E-state index contributed by atoms with van der Waals surface area (Å²) < 4.78 is 0. The standard InChI is InChI=1S/C21H48N6Si3/c1-19(2,3)28(10,11)25-16-22-17(26-29(12,13)20(4,5)6)24-18(23-16)27-30(14,15)21(7,8)9/h1-15H3,(H3,22,23,24,25,26,27). The minimum atomic E-state index is -1.82. The molecule has 30 heavy (non-hydrogen) atoms. The highest BCUT2D eigenvalue weighted by Gasteiger charge is 2.40. The molecule has 0 aliphatic carbocycles. The Hall–Kier alpha value is -0.939. The largest absolute Gasteiger partial charge is 0.380 e. The molecule has 3 N–H and O–H groups in total. The lowest BCUT2D eigenvalue weighted by Crippen LogP contribution is -2.48. The Bertz CT molecular complexity index is 628. The zero-order valence-corrected chi connectivity index (χ0v) is 25.3. The molecular weight excluding hydrogens is 421 g/mol. The SMILES string of the molecule is CC(C)(C)[Si](C)(C)Nc1nc(N[Si](C)(C)C(C)(C)C)nc(N[Si](C)(C)C(C)(C)C)n1. The molecule has 0 aliphatic heterocycles. The Morgan fingerprint density at radius 2 is 0.600 bits per heavy atom. The molecule has 1 aromatic rings. The summed E-state index contributed by atoms with van der Waals surface area (Å²) in [6.45, 7) is 34.6. The van der Waals surface area contributed by atoms with Crippen LogP contribution in [0.3, 0.4) is 0 Å². The van der Waals surface area contributed by atoms with E-state index in [-0.39, 0.29) is 15.1 Å². The highest BCUT2D eigenvalue weighted by molar-refractivity contribution is 6.84. The number of aromatic nitrogens is 3. The van der Waals surface area contributed by atoms with Crippen molar-refractivity contribution in [1.29, 1.82) is 0 Å². The first-order valence-electron chi connectivity index (χ1n) is 11.1. The van der Waals surface area contributed by atoms with Crippen LogP contribution in [0.5, 0.6) is 0 Å². The van der Waals surface area contributed by atoms with E-state index < -0.39 is 24.7 Å². The first-order chi connectivity index (χ1) is 13.0. The van der Waals surface area contributed by atoms with Crippen LogP contribution >= 0.6 is 0 Å². The Labute approximate surface area is 189 Å². The van der Waals surface area contributed by atoms with Crippen molar-refractivity contribution < 1.29 is 0 Å². The van der Waals surface area contributed by atoms with E-state index in [4.69, 9.17) is 15.0 Å². The highest BCUT2D eigenvalue weighted by atomic mass is 28.3. The molecule has 174 valence electrons. The lowest BCUT2D eigenvalue weighted by Gasteiger charge is -2.39. The van der Waals surface area contributed by atoms with Gasteiger partial charge in [0.1, 0.15) is 0 Å². The average molecular weight is 469 g/mol. The van der Waals surface area contributed by atoms with Crippen molar-refractivity contribution in [2.24, 2.45) is 0 Å². The molecule has 0 atom stereocenters. The fraction of sp³-hybridized carbons (Fsp3) is 0.857. The normalized spacial score (nSPS) is 14.5. The summed E-state index contributed by atoms with van der Waals surface area (Å²) in [7, 11) is -5.45. The maximum absolute atomic E-state index is 4.82. The van der Waals surface area contributed by atoms with Crippen molar-refractivity contribution in [3.8, 4) is 0 Å². The van der Waals surface area contributed by atoms with Crippen LogP contribution in [-0.2, 0) is 0 Å². The molecular formula is C21H48N6Si3. The van der Waals surface area contributed by atoms with Crippen molar-refractivity contribution in [2.75, 3.05) is 14.9 Å². The van der Waals surface area contributed by atoms with Gasteiger partial charge in [0, 0.05) is 0 Å². The Morgan fingerprint density at radius 3 is 0.733 bits per heavy atom. The van der Waals surface area contributed by atoms with Crippen molar-refractivity contribution in [3.63, 3.8) is 0 Å². The number of rotatable bonds is 6. The van der Waals surface area contributed by atoms with E-state index >= 15 is 0 Å². The third-order valence-corrected chi connectivity index (χ3v) is 21.3. The summed E-state index contributed by atoms with van der Waals surface area (Å²) >= 11 is 0. The molecule has 1 heterocycles. The van der Waals surface area contributed by atoms with Crippen LogP contribution < -0.4 is 14.9 Å². The van der Waals surface area contributed by atoms with Crippen molar-refractivity contribution in [3.05, 3.63) is 0 Å². The van der Waals surface area contributed by atoms with Crippen LogP contribution in [-0.4, -0.2) is 39.7 Å². The zero-order valence-electron chi connectivity index (χ0n) is 22.3. The molecule has 0 radical (unpaired) electrons. The second kappa shape index (κ2) is 8.20. The van der Waals surface area contributed by atoms with Gasteiger partial charge in [-0.1, -0.05) is 102 Å². The van der Waals surface area contributed by atoms with E-state index in [0.29, 0.717) is 17.8 Å². The smallest absolute Gasteiger partial charge is 0.221 e. The van der Waals surface area contributed by atoms with Gasteiger partial charge < -0.3 is 14.9 Å².